The second-order valence-corrected chi connectivity index (χ2v) is 4.81. The molecule has 0 saturated heterocycles. The van der Waals surface area contributed by atoms with Gasteiger partial charge in [0, 0.05) is 25.2 Å². The van der Waals surface area contributed by atoms with E-state index in [4.69, 9.17) is 4.74 Å². The maximum absolute atomic E-state index is 10.1. The number of hydrogen-bond donors (Lipinski definition) is 2. The molecule has 0 atom stereocenters. The molecule has 0 aromatic heterocycles. The number of phenols is 1. The molecule has 0 fully saturated rings. The van der Waals surface area contributed by atoms with E-state index in [0.717, 1.165) is 31.7 Å². The molecule has 4 heteroatoms. The Morgan fingerprint density at radius 2 is 2.00 bits per heavy atom. The molecule has 4 nitrogen and oxygen atoms in total. The monoisotopic (exact) mass is 280 g/mol. The van der Waals surface area contributed by atoms with Crippen LogP contribution in [0.1, 0.15) is 32.8 Å². The summed E-state index contributed by atoms with van der Waals surface area (Å²) in [4.78, 5) is 2.42. The number of benzene rings is 1. The number of aromatic hydroxyl groups is 1. The van der Waals surface area contributed by atoms with Crippen LogP contribution in [-0.4, -0.2) is 42.8 Å². The summed E-state index contributed by atoms with van der Waals surface area (Å²) < 4.78 is 5.39. The molecule has 1 aromatic carbocycles. The van der Waals surface area contributed by atoms with Crippen molar-refractivity contribution < 1.29 is 9.84 Å². The molecule has 1 aromatic rings. The number of phenolic OH excluding ortho intramolecular Hbond substituents is 1. The second kappa shape index (κ2) is 9.61. The Hall–Kier alpha value is -1.26. The van der Waals surface area contributed by atoms with Gasteiger partial charge in [0.05, 0.1) is 6.61 Å². The fourth-order valence-electron chi connectivity index (χ4n) is 2.19. The van der Waals surface area contributed by atoms with Crippen LogP contribution in [0.4, 0.5) is 0 Å². The van der Waals surface area contributed by atoms with E-state index in [1.165, 1.54) is 6.42 Å². The number of hydrogen-bond acceptors (Lipinski definition) is 4. The van der Waals surface area contributed by atoms with E-state index >= 15 is 0 Å². The highest BCUT2D eigenvalue weighted by atomic mass is 16.5. The van der Waals surface area contributed by atoms with Crippen molar-refractivity contribution >= 4 is 0 Å². The highest BCUT2D eigenvalue weighted by Gasteiger charge is 2.07. The van der Waals surface area contributed by atoms with E-state index in [9.17, 15) is 5.11 Å². The minimum Gasteiger partial charge on any atom is -0.504 e. The Bertz CT molecular complexity index is 383. The van der Waals surface area contributed by atoms with Crippen molar-refractivity contribution in [2.75, 3.05) is 32.8 Å². The number of para-hydroxylation sites is 1. The predicted octanol–water partition coefficient (Wildman–Crippen LogP) is 2.61. The molecule has 0 amide bonds. The first-order valence-electron chi connectivity index (χ1n) is 7.59. The van der Waals surface area contributed by atoms with E-state index in [1.807, 2.05) is 19.1 Å². The van der Waals surface area contributed by atoms with Crippen LogP contribution in [0.3, 0.4) is 0 Å². The largest absolute Gasteiger partial charge is 0.504 e. The van der Waals surface area contributed by atoms with Gasteiger partial charge < -0.3 is 20.1 Å². The van der Waals surface area contributed by atoms with Crippen LogP contribution in [0, 0.1) is 0 Å². The van der Waals surface area contributed by atoms with Gasteiger partial charge in [0.25, 0.3) is 0 Å². The smallest absolute Gasteiger partial charge is 0.162 e. The third-order valence-corrected chi connectivity index (χ3v) is 3.29. The summed E-state index contributed by atoms with van der Waals surface area (Å²) in [6, 6.07) is 5.63. The van der Waals surface area contributed by atoms with Crippen LogP contribution in [0.5, 0.6) is 11.5 Å². The van der Waals surface area contributed by atoms with Crippen molar-refractivity contribution in [1.82, 2.24) is 10.2 Å². The number of ether oxygens (including phenoxy) is 1. The van der Waals surface area contributed by atoms with Crippen molar-refractivity contribution in [3.05, 3.63) is 23.8 Å². The standard InChI is InChI=1S/C16H28N2O2/c1-4-11-18(5-2)12-10-17-13-14-8-7-9-15(16(14)19)20-6-3/h7-9,17,19H,4-6,10-13H2,1-3H3. The third-order valence-electron chi connectivity index (χ3n) is 3.29. The zero-order chi connectivity index (χ0) is 14.8. The van der Waals surface area contributed by atoms with Crippen LogP contribution in [0.25, 0.3) is 0 Å². The van der Waals surface area contributed by atoms with E-state index in [-0.39, 0.29) is 5.75 Å². The van der Waals surface area contributed by atoms with Gasteiger partial charge in [-0.05, 0) is 32.5 Å². The fraction of sp³-hybridized carbons (Fsp3) is 0.625. The molecule has 1 rings (SSSR count). The highest BCUT2D eigenvalue weighted by molar-refractivity contribution is 5.45. The number of nitrogens with zero attached hydrogens (tertiary/aromatic N) is 1. The maximum atomic E-state index is 10.1. The topological polar surface area (TPSA) is 44.7 Å². The zero-order valence-corrected chi connectivity index (χ0v) is 13.0. The zero-order valence-electron chi connectivity index (χ0n) is 13.0. The fourth-order valence-corrected chi connectivity index (χ4v) is 2.19. The molecule has 0 unspecified atom stereocenters. The molecule has 0 aliphatic heterocycles. The molecule has 0 bridgehead atoms. The number of rotatable bonds is 10. The molecule has 0 radical (unpaired) electrons. The normalized spacial score (nSPS) is 11.0. The predicted molar refractivity (Wildman–Crippen MR) is 83.4 cm³/mol. The molecule has 0 heterocycles. The summed E-state index contributed by atoms with van der Waals surface area (Å²) in [6.07, 6.45) is 1.19. The number of likely N-dealkylation sites (N-methyl/N-ethyl adjacent to an activating group) is 1. The number of nitrogens with one attached hydrogen (secondary N) is 1. The van der Waals surface area contributed by atoms with Gasteiger partial charge in [-0.15, -0.1) is 0 Å². The molecule has 0 spiro atoms. The van der Waals surface area contributed by atoms with Gasteiger partial charge in [-0.2, -0.15) is 0 Å². The van der Waals surface area contributed by atoms with Crippen molar-refractivity contribution in [3.63, 3.8) is 0 Å². The highest BCUT2D eigenvalue weighted by Crippen LogP contribution is 2.29. The first-order chi connectivity index (χ1) is 9.72. The lowest BCUT2D eigenvalue weighted by Gasteiger charge is -2.19. The maximum Gasteiger partial charge on any atom is 0.162 e. The summed E-state index contributed by atoms with van der Waals surface area (Å²) in [5.41, 5.74) is 0.884. The van der Waals surface area contributed by atoms with Crippen LogP contribution >= 0.6 is 0 Å². The first kappa shape index (κ1) is 16.8. The minimum absolute atomic E-state index is 0.253. The summed E-state index contributed by atoms with van der Waals surface area (Å²) in [6.45, 7) is 11.7. The lowest BCUT2D eigenvalue weighted by molar-refractivity contribution is 0.287. The van der Waals surface area contributed by atoms with Gasteiger partial charge in [-0.3, -0.25) is 0 Å². The quantitative estimate of drug-likeness (QED) is 0.647. The Kier molecular flexibility index (Phi) is 8.07. The van der Waals surface area contributed by atoms with Crippen LogP contribution in [0.15, 0.2) is 18.2 Å². The SMILES string of the molecule is CCCN(CC)CCNCc1cccc(OCC)c1O. The van der Waals surface area contributed by atoms with Gasteiger partial charge in [-0.25, -0.2) is 0 Å². The van der Waals surface area contributed by atoms with Gasteiger partial charge in [-0.1, -0.05) is 26.0 Å². The van der Waals surface area contributed by atoms with Crippen molar-refractivity contribution in [2.24, 2.45) is 0 Å². The molecule has 2 N–H and O–H groups in total. The van der Waals surface area contributed by atoms with Crippen LogP contribution < -0.4 is 10.1 Å². The lowest BCUT2D eigenvalue weighted by Crippen LogP contribution is -2.32. The molecule has 20 heavy (non-hydrogen) atoms. The van der Waals surface area contributed by atoms with E-state index in [0.29, 0.717) is 18.9 Å². The Morgan fingerprint density at radius 1 is 1.20 bits per heavy atom. The van der Waals surface area contributed by atoms with Crippen molar-refractivity contribution in [1.29, 1.82) is 0 Å². The minimum atomic E-state index is 0.253. The van der Waals surface area contributed by atoms with Gasteiger partial charge >= 0.3 is 0 Å². The van der Waals surface area contributed by atoms with Crippen molar-refractivity contribution in [2.45, 2.75) is 33.7 Å². The molecule has 114 valence electrons. The van der Waals surface area contributed by atoms with Crippen LogP contribution in [0.2, 0.25) is 0 Å². The molecule has 0 aliphatic carbocycles. The lowest BCUT2D eigenvalue weighted by atomic mass is 10.2. The Labute approximate surface area is 122 Å². The molecule has 0 saturated carbocycles. The van der Waals surface area contributed by atoms with E-state index in [2.05, 4.69) is 24.1 Å². The van der Waals surface area contributed by atoms with Crippen molar-refractivity contribution in [3.8, 4) is 11.5 Å². The second-order valence-electron chi connectivity index (χ2n) is 4.81. The average Bonchev–Trinajstić information content (AvgIpc) is 2.46. The Morgan fingerprint density at radius 3 is 2.65 bits per heavy atom. The molecular formula is C16H28N2O2. The Balaban J connectivity index is 2.40. The molecule has 0 aliphatic rings. The van der Waals surface area contributed by atoms with E-state index in [1.54, 1.807) is 6.07 Å². The summed E-state index contributed by atoms with van der Waals surface area (Å²) in [7, 11) is 0. The van der Waals surface area contributed by atoms with Gasteiger partial charge in [0.1, 0.15) is 0 Å². The van der Waals surface area contributed by atoms with Crippen LogP contribution in [-0.2, 0) is 6.54 Å². The van der Waals surface area contributed by atoms with Gasteiger partial charge in [0.2, 0.25) is 0 Å². The van der Waals surface area contributed by atoms with E-state index < -0.39 is 0 Å². The molecular weight excluding hydrogens is 252 g/mol. The summed E-state index contributed by atoms with van der Waals surface area (Å²) in [5.74, 6) is 0.815. The summed E-state index contributed by atoms with van der Waals surface area (Å²) >= 11 is 0. The summed E-state index contributed by atoms with van der Waals surface area (Å²) in [5, 5.41) is 13.5. The van der Waals surface area contributed by atoms with Gasteiger partial charge in [0.15, 0.2) is 11.5 Å². The first-order valence-corrected chi connectivity index (χ1v) is 7.59. The average molecular weight is 280 g/mol. The third kappa shape index (κ3) is 5.39.